The lowest BCUT2D eigenvalue weighted by Crippen LogP contribution is -2.25. The second kappa shape index (κ2) is 15.2. The highest BCUT2D eigenvalue weighted by Crippen LogP contribution is 2.39. The van der Waals surface area contributed by atoms with Crippen molar-refractivity contribution >= 4 is 23.4 Å². The van der Waals surface area contributed by atoms with Crippen LogP contribution in [0, 0.1) is 0 Å². The second-order valence-corrected chi connectivity index (χ2v) is 10.6. The maximum Gasteiger partial charge on any atom is 0.237 e. The van der Waals surface area contributed by atoms with Gasteiger partial charge in [-0.1, -0.05) is 43.8 Å². The van der Waals surface area contributed by atoms with E-state index in [0.717, 1.165) is 28.8 Å². The first kappa shape index (κ1) is 31.6. The molecule has 43 heavy (non-hydrogen) atoms. The monoisotopic (exact) mass is 602 g/mol. The number of ether oxygens (including phenoxy) is 4. The van der Waals surface area contributed by atoms with Gasteiger partial charge in [-0.3, -0.25) is 4.79 Å². The number of hydrogen-bond acceptors (Lipinski definition) is 9. The van der Waals surface area contributed by atoms with Crippen LogP contribution < -0.4 is 24.3 Å². The van der Waals surface area contributed by atoms with Crippen LogP contribution in [0.25, 0.3) is 22.5 Å². The molecule has 0 aliphatic heterocycles. The highest BCUT2D eigenvalue weighted by Gasteiger charge is 2.23. The first-order valence-corrected chi connectivity index (χ1v) is 15.3. The van der Waals surface area contributed by atoms with Gasteiger partial charge in [0.1, 0.15) is 11.4 Å². The van der Waals surface area contributed by atoms with E-state index < -0.39 is 5.25 Å². The number of aryl methyl sites for hydroxylation is 1. The fraction of sp³-hybridized carbons (Fsp3) is 0.333. The predicted molar refractivity (Wildman–Crippen MR) is 171 cm³/mol. The molecule has 9 nitrogen and oxygen atoms in total. The first-order chi connectivity index (χ1) is 21.0. The molecule has 0 unspecified atom stereocenters. The van der Waals surface area contributed by atoms with Gasteiger partial charge in [0.2, 0.25) is 11.1 Å². The maximum absolute atomic E-state index is 13.3. The number of amides is 1. The molecule has 4 rings (SSSR count). The van der Waals surface area contributed by atoms with Crippen molar-refractivity contribution in [3.63, 3.8) is 0 Å². The van der Waals surface area contributed by atoms with Gasteiger partial charge in [-0.15, -0.1) is 10.2 Å². The van der Waals surface area contributed by atoms with E-state index in [0.29, 0.717) is 59.2 Å². The number of benzene rings is 3. The van der Waals surface area contributed by atoms with Crippen LogP contribution in [0.2, 0.25) is 0 Å². The van der Waals surface area contributed by atoms with E-state index in [-0.39, 0.29) is 5.91 Å². The normalized spacial score (nSPS) is 11.5. The van der Waals surface area contributed by atoms with Gasteiger partial charge in [-0.2, -0.15) is 0 Å². The molecule has 0 spiro atoms. The van der Waals surface area contributed by atoms with Crippen molar-refractivity contribution in [2.75, 3.05) is 32.8 Å². The Kier molecular flexibility index (Phi) is 11.2. The molecule has 0 aliphatic carbocycles. The van der Waals surface area contributed by atoms with E-state index in [1.807, 2.05) is 81.4 Å². The third-order valence-corrected chi connectivity index (χ3v) is 7.92. The lowest BCUT2D eigenvalue weighted by atomic mass is 10.0. The molecule has 1 heterocycles. The smallest absolute Gasteiger partial charge is 0.237 e. The van der Waals surface area contributed by atoms with Crippen LogP contribution in [0.3, 0.4) is 0 Å². The topological polar surface area (TPSA) is 105 Å². The largest absolute Gasteiger partial charge is 0.493 e. The van der Waals surface area contributed by atoms with Crippen LogP contribution in [-0.4, -0.2) is 53.8 Å². The quantitative estimate of drug-likeness (QED) is 0.151. The molecule has 226 valence electrons. The Labute approximate surface area is 257 Å². The number of carbonyl (C=O) groups is 1. The van der Waals surface area contributed by atoms with Crippen molar-refractivity contribution in [2.24, 2.45) is 0 Å². The summed E-state index contributed by atoms with van der Waals surface area (Å²) in [4.78, 5) is 18.3. The van der Waals surface area contributed by atoms with Gasteiger partial charge in [0.15, 0.2) is 23.0 Å². The average Bonchev–Trinajstić information content (AvgIpc) is 3.04. The van der Waals surface area contributed by atoms with Gasteiger partial charge < -0.3 is 24.3 Å². The summed E-state index contributed by atoms with van der Waals surface area (Å²) in [6.45, 7) is 8.89. The fourth-order valence-electron chi connectivity index (χ4n) is 4.55. The van der Waals surface area contributed by atoms with Crippen LogP contribution in [0.5, 0.6) is 23.0 Å². The molecule has 1 N–H and O–H groups in total. The Bertz CT molecular complexity index is 1550. The molecule has 1 atom stereocenters. The minimum absolute atomic E-state index is 0.110. The summed E-state index contributed by atoms with van der Waals surface area (Å²) in [7, 11) is 3.19. The second-order valence-electron chi connectivity index (χ2n) is 9.40. The predicted octanol–water partition coefficient (Wildman–Crippen LogP) is 7.09. The Hall–Kier alpha value is -4.31. The zero-order valence-corrected chi connectivity index (χ0v) is 26.3. The van der Waals surface area contributed by atoms with Crippen molar-refractivity contribution in [2.45, 2.75) is 50.9 Å². The molecule has 0 saturated heterocycles. The Morgan fingerprint density at radius 3 is 1.95 bits per heavy atom. The number of nitrogens with zero attached hydrogens (tertiary/aromatic N) is 3. The first-order valence-electron chi connectivity index (χ1n) is 14.4. The van der Waals surface area contributed by atoms with Gasteiger partial charge in [0, 0.05) is 16.8 Å². The summed E-state index contributed by atoms with van der Waals surface area (Å²) in [6.07, 6.45) is 1.40. The number of rotatable bonds is 14. The highest BCUT2D eigenvalue weighted by atomic mass is 32.2. The van der Waals surface area contributed by atoms with E-state index in [2.05, 4.69) is 22.4 Å². The average molecular weight is 603 g/mol. The number of carbonyl (C=O) groups excluding carboxylic acids is 1. The molecule has 0 fully saturated rings. The van der Waals surface area contributed by atoms with Crippen molar-refractivity contribution in [1.82, 2.24) is 15.2 Å². The van der Waals surface area contributed by atoms with Crippen LogP contribution in [0.4, 0.5) is 5.69 Å². The third-order valence-electron chi connectivity index (χ3n) is 6.71. The molecule has 3 aromatic carbocycles. The van der Waals surface area contributed by atoms with Crippen molar-refractivity contribution in [1.29, 1.82) is 0 Å². The van der Waals surface area contributed by atoms with Crippen LogP contribution in [0.1, 0.15) is 39.7 Å². The SMILES string of the molecule is CCOc1ccc(-c2nnc(S[C@@H](CC)C(=O)Nc3ccccc3CC)nc2-c2ccc(OCC)c(OC)c2)cc1OC. The summed E-state index contributed by atoms with van der Waals surface area (Å²) in [5, 5.41) is 12.1. The van der Waals surface area contributed by atoms with Gasteiger partial charge in [-0.25, -0.2) is 4.98 Å². The lowest BCUT2D eigenvalue weighted by Gasteiger charge is -2.17. The van der Waals surface area contributed by atoms with Gasteiger partial charge in [-0.05, 0) is 74.7 Å². The van der Waals surface area contributed by atoms with E-state index in [4.69, 9.17) is 23.9 Å². The maximum atomic E-state index is 13.3. The molecule has 0 aliphatic rings. The minimum atomic E-state index is -0.425. The number of hydrogen-bond donors (Lipinski definition) is 1. The number of para-hydroxylation sites is 1. The highest BCUT2D eigenvalue weighted by molar-refractivity contribution is 8.00. The Balaban J connectivity index is 1.75. The molecule has 4 aromatic rings. The van der Waals surface area contributed by atoms with E-state index in [1.54, 1.807) is 14.2 Å². The molecule has 10 heteroatoms. The number of methoxy groups -OCH3 is 2. The number of nitrogens with one attached hydrogen (secondary N) is 1. The van der Waals surface area contributed by atoms with Gasteiger partial charge >= 0.3 is 0 Å². The molecule has 1 amide bonds. The molecular weight excluding hydrogens is 564 g/mol. The van der Waals surface area contributed by atoms with Crippen LogP contribution in [0.15, 0.2) is 65.8 Å². The fourth-order valence-corrected chi connectivity index (χ4v) is 5.37. The molecule has 0 saturated carbocycles. The van der Waals surface area contributed by atoms with Crippen molar-refractivity contribution in [3.8, 4) is 45.5 Å². The molecule has 0 radical (unpaired) electrons. The third kappa shape index (κ3) is 7.56. The standard InChI is InChI=1S/C33H38N4O5S/c1-7-21-13-11-12-14-24(21)34-32(38)29(8-2)43-33-35-30(22-15-17-25(41-9-3)27(19-22)39-5)31(36-37-33)23-16-18-26(42-10-4)28(20-23)40-6/h11-20,29H,7-10H2,1-6H3,(H,34,38)/t29-/m0/s1. The molecule has 0 bridgehead atoms. The zero-order chi connectivity index (χ0) is 30.8. The Morgan fingerprint density at radius 2 is 1.40 bits per heavy atom. The van der Waals surface area contributed by atoms with Crippen molar-refractivity contribution in [3.05, 3.63) is 66.2 Å². The van der Waals surface area contributed by atoms with Crippen LogP contribution in [-0.2, 0) is 11.2 Å². The molecular formula is C33H38N4O5S. The zero-order valence-electron chi connectivity index (χ0n) is 25.5. The van der Waals surface area contributed by atoms with Gasteiger partial charge in [0.05, 0.1) is 32.7 Å². The lowest BCUT2D eigenvalue weighted by molar-refractivity contribution is -0.115. The summed E-state index contributed by atoms with van der Waals surface area (Å²) >= 11 is 1.28. The Morgan fingerprint density at radius 1 is 0.791 bits per heavy atom. The summed E-state index contributed by atoms with van der Waals surface area (Å²) in [5.74, 6) is 2.30. The summed E-state index contributed by atoms with van der Waals surface area (Å²) in [6, 6.07) is 19.0. The van der Waals surface area contributed by atoms with E-state index >= 15 is 0 Å². The number of aromatic nitrogens is 3. The number of anilines is 1. The summed E-state index contributed by atoms with van der Waals surface area (Å²) < 4.78 is 22.6. The van der Waals surface area contributed by atoms with E-state index in [1.165, 1.54) is 11.8 Å². The van der Waals surface area contributed by atoms with Crippen LogP contribution >= 0.6 is 11.8 Å². The minimum Gasteiger partial charge on any atom is -0.493 e. The van der Waals surface area contributed by atoms with Crippen molar-refractivity contribution < 1.29 is 23.7 Å². The van der Waals surface area contributed by atoms with E-state index in [9.17, 15) is 4.79 Å². The summed E-state index contributed by atoms with van der Waals surface area (Å²) in [5.41, 5.74) is 4.53. The van der Waals surface area contributed by atoms with Gasteiger partial charge in [0.25, 0.3) is 0 Å². The molecule has 1 aromatic heterocycles. The number of thioether (sulfide) groups is 1.